The lowest BCUT2D eigenvalue weighted by molar-refractivity contribution is 0.0723. The third-order valence-electron chi connectivity index (χ3n) is 4.97. The number of H-pyrrole nitrogens is 1. The fourth-order valence-electron chi connectivity index (χ4n) is 3.61. The van der Waals surface area contributed by atoms with Gasteiger partial charge in [-0.25, -0.2) is 0 Å². The molecule has 0 radical (unpaired) electrons. The van der Waals surface area contributed by atoms with E-state index in [0.717, 1.165) is 33.4 Å². The first-order valence-corrected chi connectivity index (χ1v) is 9.04. The Hall–Kier alpha value is -3.12. The molecule has 1 aliphatic heterocycles. The molecule has 1 aliphatic rings. The number of hydrogen-bond acceptors (Lipinski definition) is 4. The van der Waals surface area contributed by atoms with Crippen LogP contribution in [-0.2, 0) is 13.0 Å². The number of hydrogen-bond donors (Lipinski definition) is 1. The molecule has 5 rings (SSSR count). The summed E-state index contributed by atoms with van der Waals surface area (Å²) >= 11 is 6.05. The van der Waals surface area contributed by atoms with Crippen LogP contribution in [0.1, 0.15) is 21.8 Å². The third kappa shape index (κ3) is 2.61. The normalized spacial score (nSPS) is 13.7. The van der Waals surface area contributed by atoms with Gasteiger partial charge in [0.1, 0.15) is 17.1 Å². The summed E-state index contributed by atoms with van der Waals surface area (Å²) in [5.41, 5.74) is 3.05. The summed E-state index contributed by atoms with van der Waals surface area (Å²) < 4.78 is 5.60. The fourth-order valence-corrected chi connectivity index (χ4v) is 3.78. The maximum Gasteiger partial charge on any atom is 0.273 e. The number of aromatic amines is 1. The second-order valence-corrected chi connectivity index (χ2v) is 6.94. The lowest BCUT2D eigenvalue weighted by Crippen LogP contribution is -2.36. The molecule has 7 heteroatoms. The van der Waals surface area contributed by atoms with E-state index in [1.165, 1.54) is 6.20 Å². The standard InChI is InChI=1S/C20H15ClN4O2/c21-16-10-22-23-19(16)20(26)25-9-8-17-15(11-25)18(24-27-17)14-7-3-5-12-4-1-2-6-13(12)14/h1-7,10H,8-9,11H2,(H,22,23). The van der Waals surface area contributed by atoms with Crippen molar-refractivity contribution in [3.8, 4) is 11.3 Å². The van der Waals surface area contributed by atoms with Crippen LogP contribution in [0.2, 0.25) is 5.02 Å². The molecule has 3 heterocycles. The molecule has 4 aromatic rings. The maximum atomic E-state index is 12.8. The van der Waals surface area contributed by atoms with Crippen LogP contribution in [0.3, 0.4) is 0 Å². The Balaban J connectivity index is 1.55. The van der Waals surface area contributed by atoms with Gasteiger partial charge >= 0.3 is 0 Å². The molecule has 27 heavy (non-hydrogen) atoms. The topological polar surface area (TPSA) is 75.0 Å². The highest BCUT2D eigenvalue weighted by Gasteiger charge is 2.30. The quantitative estimate of drug-likeness (QED) is 0.570. The summed E-state index contributed by atoms with van der Waals surface area (Å²) in [5, 5.41) is 13.4. The maximum absolute atomic E-state index is 12.8. The van der Waals surface area contributed by atoms with Gasteiger partial charge in [-0.05, 0) is 10.8 Å². The monoisotopic (exact) mass is 378 g/mol. The van der Waals surface area contributed by atoms with Gasteiger partial charge in [-0.2, -0.15) is 5.10 Å². The Labute approximate surface area is 159 Å². The predicted molar refractivity (Wildman–Crippen MR) is 101 cm³/mol. The number of nitrogens with zero attached hydrogens (tertiary/aromatic N) is 3. The molecular weight excluding hydrogens is 364 g/mol. The summed E-state index contributed by atoms with van der Waals surface area (Å²) in [7, 11) is 0. The van der Waals surface area contributed by atoms with Crippen LogP contribution < -0.4 is 0 Å². The van der Waals surface area contributed by atoms with Crippen molar-refractivity contribution in [2.75, 3.05) is 6.54 Å². The van der Waals surface area contributed by atoms with Crippen molar-refractivity contribution in [2.24, 2.45) is 0 Å². The summed E-state index contributed by atoms with van der Waals surface area (Å²) in [6, 6.07) is 14.3. The Morgan fingerprint density at radius 2 is 2.04 bits per heavy atom. The Morgan fingerprint density at radius 1 is 1.19 bits per heavy atom. The first kappa shape index (κ1) is 16.1. The van der Waals surface area contributed by atoms with E-state index >= 15 is 0 Å². The number of aromatic nitrogens is 3. The van der Waals surface area contributed by atoms with E-state index in [9.17, 15) is 4.79 Å². The molecule has 0 fully saturated rings. The van der Waals surface area contributed by atoms with Crippen LogP contribution >= 0.6 is 11.6 Å². The van der Waals surface area contributed by atoms with Gasteiger partial charge < -0.3 is 9.42 Å². The minimum Gasteiger partial charge on any atom is -0.360 e. The van der Waals surface area contributed by atoms with Crippen molar-refractivity contribution in [2.45, 2.75) is 13.0 Å². The molecule has 6 nitrogen and oxygen atoms in total. The van der Waals surface area contributed by atoms with Crippen LogP contribution in [0.5, 0.6) is 0 Å². The van der Waals surface area contributed by atoms with Gasteiger partial charge in [-0.15, -0.1) is 0 Å². The molecule has 0 unspecified atom stereocenters. The number of rotatable bonds is 2. The number of nitrogens with one attached hydrogen (secondary N) is 1. The predicted octanol–water partition coefficient (Wildman–Crippen LogP) is 4.07. The van der Waals surface area contributed by atoms with E-state index < -0.39 is 0 Å². The second-order valence-electron chi connectivity index (χ2n) is 6.53. The summed E-state index contributed by atoms with van der Waals surface area (Å²) in [4.78, 5) is 14.5. The van der Waals surface area contributed by atoms with Crippen molar-refractivity contribution in [3.05, 3.63) is 70.7 Å². The summed E-state index contributed by atoms with van der Waals surface area (Å²) in [6.07, 6.45) is 2.05. The van der Waals surface area contributed by atoms with Crippen molar-refractivity contribution in [1.29, 1.82) is 0 Å². The lowest BCUT2D eigenvalue weighted by atomic mass is 9.97. The van der Waals surface area contributed by atoms with E-state index in [4.69, 9.17) is 16.1 Å². The van der Waals surface area contributed by atoms with Crippen molar-refractivity contribution in [3.63, 3.8) is 0 Å². The van der Waals surface area contributed by atoms with Gasteiger partial charge in [0.25, 0.3) is 5.91 Å². The van der Waals surface area contributed by atoms with Crippen molar-refractivity contribution in [1.82, 2.24) is 20.3 Å². The fraction of sp³-hybridized carbons (Fsp3) is 0.150. The first-order valence-electron chi connectivity index (χ1n) is 8.66. The van der Waals surface area contributed by atoms with Gasteiger partial charge in [0.15, 0.2) is 0 Å². The second kappa shape index (κ2) is 6.25. The molecule has 0 atom stereocenters. The number of amides is 1. The Kier molecular flexibility index (Phi) is 3.72. The summed E-state index contributed by atoms with van der Waals surface area (Å²) in [5.74, 6) is 0.658. The molecule has 1 N–H and O–H groups in total. The third-order valence-corrected chi connectivity index (χ3v) is 5.25. The zero-order chi connectivity index (χ0) is 18.4. The van der Waals surface area contributed by atoms with Gasteiger partial charge in [0.05, 0.1) is 17.8 Å². The average molecular weight is 379 g/mol. The zero-order valence-electron chi connectivity index (χ0n) is 14.3. The molecule has 0 saturated heterocycles. The molecular formula is C20H15ClN4O2. The van der Waals surface area contributed by atoms with E-state index in [-0.39, 0.29) is 5.91 Å². The minimum atomic E-state index is -0.173. The minimum absolute atomic E-state index is 0.173. The molecule has 0 saturated carbocycles. The van der Waals surface area contributed by atoms with E-state index in [2.05, 4.69) is 33.6 Å². The smallest absolute Gasteiger partial charge is 0.273 e. The first-order chi connectivity index (χ1) is 13.2. The van der Waals surface area contributed by atoms with E-state index in [1.54, 1.807) is 4.90 Å². The van der Waals surface area contributed by atoms with Crippen LogP contribution in [0.15, 0.2) is 53.2 Å². The highest BCUT2D eigenvalue weighted by molar-refractivity contribution is 6.33. The molecule has 2 aromatic heterocycles. The molecule has 1 amide bonds. The number of fused-ring (bicyclic) bond motifs is 2. The van der Waals surface area contributed by atoms with Crippen LogP contribution in [-0.4, -0.2) is 32.7 Å². The van der Waals surface area contributed by atoms with Gasteiger partial charge in [-0.1, -0.05) is 59.2 Å². The lowest BCUT2D eigenvalue weighted by Gasteiger charge is -2.26. The van der Waals surface area contributed by atoms with Gasteiger partial charge in [0.2, 0.25) is 0 Å². The summed E-state index contributed by atoms with van der Waals surface area (Å²) in [6.45, 7) is 0.969. The molecule has 134 valence electrons. The SMILES string of the molecule is O=C(c1[nH]ncc1Cl)N1CCc2onc(-c3cccc4ccccc34)c2C1. The zero-order valence-corrected chi connectivity index (χ0v) is 15.0. The van der Waals surface area contributed by atoms with Gasteiger partial charge in [0, 0.05) is 24.1 Å². The number of carbonyl (C=O) groups is 1. The van der Waals surface area contributed by atoms with Crippen molar-refractivity contribution < 1.29 is 9.32 Å². The van der Waals surface area contributed by atoms with Crippen LogP contribution in [0.25, 0.3) is 22.0 Å². The molecule has 0 bridgehead atoms. The number of benzene rings is 2. The average Bonchev–Trinajstić information content (AvgIpc) is 3.32. The van der Waals surface area contributed by atoms with Crippen LogP contribution in [0, 0.1) is 0 Å². The van der Waals surface area contributed by atoms with E-state index in [0.29, 0.717) is 30.2 Å². The molecule has 0 aliphatic carbocycles. The Morgan fingerprint density at radius 3 is 2.89 bits per heavy atom. The largest absolute Gasteiger partial charge is 0.360 e. The van der Waals surface area contributed by atoms with Crippen LogP contribution in [0.4, 0.5) is 0 Å². The highest BCUT2D eigenvalue weighted by Crippen LogP contribution is 2.34. The Bertz CT molecular complexity index is 1160. The molecule has 2 aromatic carbocycles. The van der Waals surface area contributed by atoms with Gasteiger partial charge in [-0.3, -0.25) is 9.89 Å². The number of halogens is 1. The number of carbonyl (C=O) groups excluding carboxylic acids is 1. The highest BCUT2D eigenvalue weighted by atomic mass is 35.5. The van der Waals surface area contributed by atoms with Crippen molar-refractivity contribution >= 4 is 28.3 Å². The van der Waals surface area contributed by atoms with E-state index in [1.807, 2.05) is 24.3 Å². The molecule has 0 spiro atoms.